The number of nitrogens with zero attached hydrogens (tertiary/aromatic N) is 4. The van der Waals surface area contributed by atoms with Gasteiger partial charge < -0.3 is 14.5 Å². The predicted octanol–water partition coefficient (Wildman–Crippen LogP) is 2.95. The van der Waals surface area contributed by atoms with E-state index in [1.54, 1.807) is 48.3 Å². The van der Waals surface area contributed by atoms with E-state index in [-0.39, 0.29) is 18.4 Å². The minimum Gasteiger partial charge on any atom is -0.426 e. The van der Waals surface area contributed by atoms with Crippen LogP contribution in [0.15, 0.2) is 53.5 Å². The molecule has 2 aliphatic rings. The van der Waals surface area contributed by atoms with Crippen molar-refractivity contribution in [2.24, 2.45) is 4.99 Å². The van der Waals surface area contributed by atoms with Crippen LogP contribution in [0.1, 0.15) is 5.56 Å². The number of carbonyl (C=O) groups excluding carboxylic acids is 2. The number of rotatable bonds is 3. The Morgan fingerprint density at radius 1 is 1.14 bits per heavy atom. The Balaban J connectivity index is 1.70. The van der Waals surface area contributed by atoms with Gasteiger partial charge in [0.15, 0.2) is 12.2 Å². The van der Waals surface area contributed by atoms with Crippen LogP contribution in [0.4, 0.5) is 9.18 Å². The quantitative estimate of drug-likeness (QED) is 0.771. The standard InChI is InChI=1S/C20H18ClFN4O3/c1-24-17-16(18(27)25(2)20(24)28)26(11-12-4-3-5-14(22)10-12)19(23-17)29-15-8-6-13(21)7-9-15/h3-10,16-17H,11H2,1-2H3. The number of ether oxygens (including phenoxy) is 1. The molecule has 2 aromatic carbocycles. The number of fused-ring (bicyclic) bond motifs is 1. The van der Waals surface area contributed by atoms with Crippen LogP contribution in [0, 0.1) is 5.82 Å². The highest BCUT2D eigenvalue weighted by molar-refractivity contribution is 6.30. The normalized spacial score (nSPS) is 21.4. The van der Waals surface area contributed by atoms with Crippen molar-refractivity contribution in [3.05, 3.63) is 64.9 Å². The van der Waals surface area contributed by atoms with Crippen LogP contribution in [0.25, 0.3) is 0 Å². The monoisotopic (exact) mass is 416 g/mol. The molecule has 0 radical (unpaired) electrons. The molecule has 2 heterocycles. The Bertz CT molecular complexity index is 997. The van der Waals surface area contributed by atoms with E-state index in [0.29, 0.717) is 16.3 Å². The lowest BCUT2D eigenvalue weighted by molar-refractivity contribution is -0.136. The first-order valence-corrected chi connectivity index (χ1v) is 9.29. The number of aliphatic imine (C=N–C) groups is 1. The Hall–Kier alpha value is -3.13. The molecule has 0 aliphatic carbocycles. The average Bonchev–Trinajstić information content (AvgIpc) is 3.04. The van der Waals surface area contributed by atoms with E-state index in [2.05, 4.69) is 4.99 Å². The third kappa shape index (κ3) is 3.51. The second-order valence-electron chi connectivity index (χ2n) is 6.87. The van der Waals surface area contributed by atoms with Crippen LogP contribution < -0.4 is 4.74 Å². The molecule has 7 nitrogen and oxygen atoms in total. The molecule has 1 saturated heterocycles. The molecule has 4 rings (SSSR count). The lowest BCUT2D eigenvalue weighted by Gasteiger charge is -2.39. The Kier molecular flexibility index (Phi) is 4.87. The molecular formula is C20H18ClFN4O3. The van der Waals surface area contributed by atoms with Gasteiger partial charge in [0, 0.05) is 25.7 Å². The van der Waals surface area contributed by atoms with Gasteiger partial charge >= 0.3 is 6.03 Å². The van der Waals surface area contributed by atoms with Gasteiger partial charge in [-0.05, 0) is 42.0 Å². The minimum absolute atomic E-state index is 0.176. The number of hydrogen-bond acceptors (Lipinski definition) is 5. The number of likely N-dealkylation sites (N-methyl/N-ethyl adjacent to an activating group) is 2. The molecule has 29 heavy (non-hydrogen) atoms. The molecule has 150 valence electrons. The van der Waals surface area contributed by atoms with E-state index in [4.69, 9.17) is 16.3 Å². The topological polar surface area (TPSA) is 65.5 Å². The summed E-state index contributed by atoms with van der Waals surface area (Å²) in [5.74, 6) is -0.298. The van der Waals surface area contributed by atoms with Crippen molar-refractivity contribution in [2.45, 2.75) is 18.8 Å². The number of hydrogen-bond donors (Lipinski definition) is 0. The Morgan fingerprint density at radius 2 is 1.86 bits per heavy atom. The van der Waals surface area contributed by atoms with E-state index in [1.807, 2.05) is 0 Å². The number of amides is 3. The minimum atomic E-state index is -0.770. The fourth-order valence-electron chi connectivity index (χ4n) is 3.43. The van der Waals surface area contributed by atoms with E-state index in [1.165, 1.54) is 24.1 Å². The fourth-order valence-corrected chi connectivity index (χ4v) is 3.56. The van der Waals surface area contributed by atoms with Crippen molar-refractivity contribution in [3.63, 3.8) is 0 Å². The van der Waals surface area contributed by atoms with E-state index in [9.17, 15) is 14.0 Å². The number of carbonyl (C=O) groups is 2. The van der Waals surface area contributed by atoms with Gasteiger partial charge in [0.2, 0.25) is 0 Å². The smallest absolute Gasteiger partial charge is 0.328 e. The molecule has 2 unspecified atom stereocenters. The van der Waals surface area contributed by atoms with Crippen molar-refractivity contribution in [3.8, 4) is 5.75 Å². The zero-order valence-corrected chi connectivity index (χ0v) is 16.5. The first-order valence-electron chi connectivity index (χ1n) is 8.92. The summed E-state index contributed by atoms with van der Waals surface area (Å²) in [6.45, 7) is 0.187. The second-order valence-corrected chi connectivity index (χ2v) is 7.31. The molecule has 2 aliphatic heterocycles. The summed E-state index contributed by atoms with van der Waals surface area (Å²) in [7, 11) is 3.01. The maximum absolute atomic E-state index is 13.7. The molecule has 2 atom stereocenters. The number of imide groups is 1. The maximum Gasteiger partial charge on any atom is 0.328 e. The molecule has 0 aromatic heterocycles. The van der Waals surface area contributed by atoms with Crippen LogP contribution >= 0.6 is 11.6 Å². The van der Waals surface area contributed by atoms with Crippen LogP contribution in [0.5, 0.6) is 5.75 Å². The second kappa shape index (κ2) is 7.36. The summed E-state index contributed by atoms with van der Waals surface area (Å²) in [6, 6.07) is 11.7. The summed E-state index contributed by atoms with van der Waals surface area (Å²) in [5, 5.41) is 0.554. The molecule has 2 aromatic rings. The summed E-state index contributed by atoms with van der Waals surface area (Å²) >= 11 is 5.92. The van der Waals surface area contributed by atoms with Gasteiger partial charge in [-0.2, -0.15) is 0 Å². The highest BCUT2D eigenvalue weighted by Crippen LogP contribution is 2.30. The van der Waals surface area contributed by atoms with Crippen molar-refractivity contribution in [2.75, 3.05) is 14.1 Å². The maximum atomic E-state index is 13.7. The SMILES string of the molecule is CN1C(=O)C2C(N=C(Oc3ccc(Cl)cc3)N2Cc2cccc(F)c2)N(C)C1=O. The highest BCUT2D eigenvalue weighted by Gasteiger charge is 2.51. The zero-order chi connectivity index (χ0) is 20.7. The van der Waals surface area contributed by atoms with Gasteiger partial charge in [-0.25, -0.2) is 14.2 Å². The molecule has 1 fully saturated rings. The summed E-state index contributed by atoms with van der Waals surface area (Å²) in [5.41, 5.74) is 0.646. The summed E-state index contributed by atoms with van der Waals surface area (Å²) in [6.07, 6.45) is -0.734. The van der Waals surface area contributed by atoms with E-state index < -0.39 is 24.1 Å². The Labute approximate surface area is 171 Å². The number of benzene rings is 2. The number of amidine groups is 1. The largest absolute Gasteiger partial charge is 0.426 e. The van der Waals surface area contributed by atoms with Gasteiger partial charge in [0.05, 0.1) is 0 Å². The molecule has 0 spiro atoms. The van der Waals surface area contributed by atoms with Crippen molar-refractivity contribution >= 4 is 29.6 Å². The third-order valence-electron chi connectivity index (χ3n) is 4.94. The zero-order valence-electron chi connectivity index (χ0n) is 15.8. The van der Waals surface area contributed by atoms with Gasteiger partial charge in [0.25, 0.3) is 11.9 Å². The lowest BCUT2D eigenvalue weighted by atomic mass is 10.1. The molecule has 0 saturated carbocycles. The van der Waals surface area contributed by atoms with Crippen LogP contribution in [0.3, 0.4) is 0 Å². The van der Waals surface area contributed by atoms with Crippen molar-refractivity contribution < 1.29 is 18.7 Å². The predicted molar refractivity (Wildman–Crippen MR) is 105 cm³/mol. The Morgan fingerprint density at radius 3 is 2.55 bits per heavy atom. The fraction of sp³-hybridized carbons (Fsp3) is 0.250. The first-order chi connectivity index (χ1) is 13.8. The summed E-state index contributed by atoms with van der Waals surface area (Å²) in [4.78, 5) is 33.8. The van der Waals surface area contributed by atoms with Gasteiger partial charge in [-0.1, -0.05) is 23.7 Å². The van der Waals surface area contributed by atoms with Crippen LogP contribution in [-0.4, -0.2) is 59.0 Å². The molecule has 0 N–H and O–H groups in total. The number of urea groups is 1. The molecule has 3 amide bonds. The van der Waals surface area contributed by atoms with Gasteiger partial charge in [-0.3, -0.25) is 9.69 Å². The average molecular weight is 417 g/mol. The molecule has 9 heteroatoms. The number of halogens is 2. The highest BCUT2D eigenvalue weighted by atomic mass is 35.5. The summed E-state index contributed by atoms with van der Waals surface area (Å²) < 4.78 is 19.6. The molecule has 0 bridgehead atoms. The third-order valence-corrected chi connectivity index (χ3v) is 5.19. The van der Waals surface area contributed by atoms with E-state index in [0.717, 1.165) is 4.90 Å². The van der Waals surface area contributed by atoms with E-state index >= 15 is 0 Å². The first kappa shape index (κ1) is 19.2. The van der Waals surface area contributed by atoms with Crippen molar-refractivity contribution in [1.82, 2.24) is 14.7 Å². The van der Waals surface area contributed by atoms with Crippen LogP contribution in [-0.2, 0) is 11.3 Å². The van der Waals surface area contributed by atoms with Gasteiger partial charge in [0.1, 0.15) is 11.6 Å². The van der Waals surface area contributed by atoms with Gasteiger partial charge in [-0.15, -0.1) is 0 Å². The lowest BCUT2D eigenvalue weighted by Crippen LogP contribution is -2.63. The van der Waals surface area contributed by atoms with Crippen molar-refractivity contribution in [1.29, 1.82) is 0 Å². The van der Waals surface area contributed by atoms with Crippen LogP contribution in [0.2, 0.25) is 5.02 Å². The molecular weight excluding hydrogens is 399 g/mol.